The van der Waals surface area contributed by atoms with Crippen molar-refractivity contribution in [1.29, 1.82) is 0 Å². The largest absolute Gasteiger partial charge is 0.507 e. The lowest BCUT2D eigenvalue weighted by molar-refractivity contribution is -0.216. The van der Waals surface area contributed by atoms with Crippen LogP contribution in [0.2, 0.25) is 0 Å². The first-order chi connectivity index (χ1) is 27.7. The molecule has 2 aromatic rings. The molecule has 20 heteroatoms. The number of esters is 2. The lowest BCUT2D eigenvalue weighted by atomic mass is 9.63. The van der Waals surface area contributed by atoms with Gasteiger partial charge in [-0.3, -0.25) is 28.8 Å². The number of carbonyl (C=O) groups is 7. The minimum absolute atomic E-state index is 0.242. The summed E-state index contributed by atoms with van der Waals surface area (Å²) in [5.74, 6) is -10.6. The van der Waals surface area contributed by atoms with Gasteiger partial charge < -0.3 is 59.4 Å². The third-order valence-electron chi connectivity index (χ3n) is 11.7. The molecule has 7 rings (SSSR count). The molecule has 0 amide bonds. The van der Waals surface area contributed by atoms with Crippen molar-refractivity contribution < 1.29 is 93.0 Å². The van der Waals surface area contributed by atoms with Crippen LogP contribution < -0.4 is 0 Å². The highest BCUT2D eigenvalue weighted by Gasteiger charge is 2.78. The third-order valence-corrected chi connectivity index (χ3v) is 13.7. The highest BCUT2D eigenvalue weighted by Crippen LogP contribution is 2.64. The summed E-state index contributed by atoms with van der Waals surface area (Å²) in [6.07, 6.45) is -14.4. The summed E-state index contributed by atoms with van der Waals surface area (Å²) in [6, 6.07) is 7.03. The van der Waals surface area contributed by atoms with Gasteiger partial charge in [-0.15, -0.1) is 11.8 Å². The number of aliphatic hydroxyl groups excluding tert-OH is 2. The Morgan fingerprint density at radius 3 is 1.66 bits per heavy atom. The first-order valence-corrected chi connectivity index (χ1v) is 19.0. The van der Waals surface area contributed by atoms with Gasteiger partial charge in [-0.1, -0.05) is 24.3 Å². The summed E-state index contributed by atoms with van der Waals surface area (Å²) in [4.78, 5) is 97.4. The minimum Gasteiger partial charge on any atom is -0.507 e. The molecule has 0 radical (unpaired) electrons. The van der Waals surface area contributed by atoms with Gasteiger partial charge in [-0.05, 0) is 44.9 Å². The van der Waals surface area contributed by atoms with Crippen molar-refractivity contribution in [3.8, 4) is 11.5 Å². The Labute approximate surface area is 337 Å². The van der Waals surface area contributed by atoms with Crippen LogP contribution in [0.3, 0.4) is 0 Å². The van der Waals surface area contributed by atoms with E-state index in [2.05, 4.69) is 0 Å². The molecular formula is C39H38O19S. The molecule has 11 unspecified atom stereocenters. The highest BCUT2D eigenvalue weighted by atomic mass is 32.2. The number of rotatable bonds is 8. The molecule has 2 aromatic carbocycles. The number of hydrogen-bond acceptors (Lipinski definition) is 19. The van der Waals surface area contributed by atoms with Crippen molar-refractivity contribution in [3.63, 3.8) is 0 Å². The van der Waals surface area contributed by atoms with E-state index in [4.69, 9.17) is 23.7 Å². The first-order valence-electron chi connectivity index (χ1n) is 18.2. The van der Waals surface area contributed by atoms with Gasteiger partial charge in [-0.2, -0.15) is 0 Å². The number of ether oxygens (including phenoxy) is 5. The molecule has 5 aliphatic rings. The number of Topliss-reactive ketones (excluding diaryl/α,β-unsaturated/α-hetero) is 4. The molecule has 7 N–H and O–H groups in total. The fourth-order valence-electron chi connectivity index (χ4n) is 8.87. The molecule has 19 nitrogen and oxygen atoms in total. The zero-order valence-corrected chi connectivity index (χ0v) is 32.2. The zero-order chi connectivity index (χ0) is 43.1. The maximum Gasteiger partial charge on any atom is 0.371 e. The fraction of sp³-hybridized carbons (Fsp3) is 0.462. The normalized spacial score (nSPS) is 36.2. The molecule has 2 fully saturated rings. The van der Waals surface area contributed by atoms with Crippen LogP contribution in [0.25, 0.3) is 0 Å². The van der Waals surface area contributed by atoms with E-state index >= 15 is 9.59 Å². The van der Waals surface area contributed by atoms with Crippen LogP contribution in [0.5, 0.6) is 11.5 Å². The molecule has 2 aliphatic carbocycles. The lowest BCUT2D eigenvalue weighted by Crippen LogP contribution is -2.79. The van der Waals surface area contributed by atoms with Crippen molar-refractivity contribution in [2.24, 2.45) is 0 Å². The number of benzene rings is 2. The average Bonchev–Trinajstić information content (AvgIpc) is 3.17. The Morgan fingerprint density at radius 2 is 1.22 bits per heavy atom. The van der Waals surface area contributed by atoms with Gasteiger partial charge >= 0.3 is 17.9 Å². The number of aromatic hydroxyl groups is 2. The Balaban J connectivity index is 1.39. The number of carboxylic acid groups (broad SMARTS) is 1. The molecule has 0 bridgehead atoms. The van der Waals surface area contributed by atoms with Crippen LogP contribution in [0.1, 0.15) is 81.0 Å². The van der Waals surface area contributed by atoms with E-state index in [-0.39, 0.29) is 11.8 Å². The summed E-state index contributed by atoms with van der Waals surface area (Å²) in [5.41, 5.74) is -8.08. The molecule has 3 aliphatic heterocycles. The Kier molecular flexibility index (Phi) is 10.3. The highest BCUT2D eigenvalue weighted by molar-refractivity contribution is 8.03. The van der Waals surface area contributed by atoms with Crippen molar-refractivity contribution in [3.05, 3.63) is 70.5 Å². The summed E-state index contributed by atoms with van der Waals surface area (Å²) in [7, 11) is 1.08. The molecule has 3 heterocycles. The number of thioether (sulfide) groups is 1. The number of phenols is 2. The quantitative estimate of drug-likeness (QED) is 0.174. The van der Waals surface area contributed by atoms with E-state index in [0.29, 0.717) is 6.08 Å². The molecule has 0 aromatic heterocycles. The van der Waals surface area contributed by atoms with Crippen LogP contribution >= 0.6 is 11.8 Å². The topological polar surface area (TPSA) is 307 Å². The summed E-state index contributed by atoms with van der Waals surface area (Å²) >= 11 is 0.242. The van der Waals surface area contributed by atoms with Crippen LogP contribution in [0.4, 0.5) is 0 Å². The van der Waals surface area contributed by atoms with Crippen LogP contribution in [-0.4, -0.2) is 148 Å². The van der Waals surface area contributed by atoms with Crippen LogP contribution in [0.15, 0.2) is 48.2 Å². The van der Waals surface area contributed by atoms with Gasteiger partial charge in [0, 0.05) is 11.1 Å². The number of aliphatic carboxylic acids is 1. The Bertz CT molecular complexity index is 2240. The molecule has 0 spiro atoms. The Hall–Kier alpha value is -5.22. The van der Waals surface area contributed by atoms with Gasteiger partial charge in [-0.25, -0.2) is 4.79 Å². The lowest BCUT2D eigenvalue weighted by Gasteiger charge is -2.61. The maximum absolute atomic E-state index is 15.3. The molecule has 314 valence electrons. The second-order valence-corrected chi connectivity index (χ2v) is 16.6. The van der Waals surface area contributed by atoms with Gasteiger partial charge in [0.1, 0.15) is 27.1 Å². The number of hydrogen-bond donors (Lipinski definition) is 7. The number of phenolic OH excluding ortho intramolecular Hbond substituents is 2. The predicted molar refractivity (Wildman–Crippen MR) is 194 cm³/mol. The Morgan fingerprint density at radius 1 is 0.763 bits per heavy atom. The monoisotopic (exact) mass is 842 g/mol. The number of carbonyl (C=O) groups excluding carboxylic acids is 6. The zero-order valence-electron chi connectivity index (χ0n) is 31.3. The van der Waals surface area contributed by atoms with Crippen LogP contribution in [-0.2, 0) is 38.1 Å². The second kappa shape index (κ2) is 14.5. The third kappa shape index (κ3) is 5.99. The predicted octanol–water partition coefficient (Wildman–Crippen LogP) is 0.127. The molecule has 59 heavy (non-hydrogen) atoms. The fourth-order valence-corrected chi connectivity index (χ4v) is 11.2. The first kappa shape index (κ1) is 41.9. The van der Waals surface area contributed by atoms with Crippen molar-refractivity contribution >= 4 is 52.8 Å². The molecule has 0 saturated carbocycles. The van der Waals surface area contributed by atoms with Gasteiger partial charge in [0.15, 0.2) is 28.9 Å². The molecule has 2 saturated heterocycles. The number of fused-ring (bicyclic) bond motifs is 4. The van der Waals surface area contributed by atoms with Crippen molar-refractivity contribution in [2.45, 2.75) is 103 Å². The smallest absolute Gasteiger partial charge is 0.371 e. The number of aliphatic hydroxyl groups is 4. The maximum atomic E-state index is 15.3. The average molecular weight is 843 g/mol. The molecule has 11 atom stereocenters. The summed E-state index contributed by atoms with van der Waals surface area (Å²) in [6.45, 7) is 2.38. The SMILES string of the molecule is COC(=O)CC1CC2(SC34CC(CC(=O)OC5OC(C(=O)O)=CC(O)C5O)OC(C)C3(O)C(=O)c3c(O)cccc3C4=O)C(=O)c3cccc(O)c3C(=O)C2(O)C(C)O1. The number of ketones is 4. The van der Waals surface area contributed by atoms with E-state index in [0.717, 1.165) is 26.2 Å². The van der Waals surface area contributed by atoms with Gasteiger partial charge in [0.25, 0.3) is 6.29 Å². The van der Waals surface area contributed by atoms with Crippen molar-refractivity contribution in [1.82, 2.24) is 0 Å². The van der Waals surface area contributed by atoms with E-state index < -0.39 is 170 Å². The van der Waals surface area contributed by atoms with Gasteiger partial charge in [0.05, 0.1) is 55.5 Å². The van der Waals surface area contributed by atoms with E-state index in [1.165, 1.54) is 31.2 Å². The minimum atomic E-state index is -3.05. The standard InChI is InChI=1S/C39H38O19S/c1-15-38(52)32(48)27-19(6-4-8-21(27)40)30(46)36(38,13-17(55-15)10-25(43)54-3)59-37-14-18(11-26(44)58-35-29(45)23(42)12-24(57-35)34(50)51)56-16(2)39(37,53)33(49)28-20(31(37)47)7-5-9-22(28)41/h4-9,12,15-18,23,29,35,40-42,45,52-53H,10-11,13-14H2,1-3H3,(H,50,51). The summed E-state index contributed by atoms with van der Waals surface area (Å²) < 4.78 is 21.7. The number of methoxy groups -OCH3 is 1. The molecular weight excluding hydrogens is 804 g/mol. The summed E-state index contributed by atoms with van der Waals surface area (Å²) in [5, 5.41) is 77.3. The second-order valence-electron chi connectivity index (χ2n) is 15.0. The van der Waals surface area contributed by atoms with Crippen molar-refractivity contribution in [2.75, 3.05) is 7.11 Å². The van der Waals surface area contributed by atoms with E-state index in [1.54, 1.807) is 0 Å². The van der Waals surface area contributed by atoms with E-state index in [9.17, 15) is 59.7 Å². The van der Waals surface area contributed by atoms with Gasteiger partial charge in [0.2, 0.25) is 17.3 Å². The van der Waals surface area contributed by atoms with Crippen LogP contribution in [0, 0.1) is 0 Å². The number of carboxylic acids is 1. The van der Waals surface area contributed by atoms with E-state index in [1.807, 2.05) is 0 Å².